The van der Waals surface area contributed by atoms with E-state index in [9.17, 15) is 0 Å². The van der Waals surface area contributed by atoms with Gasteiger partial charge in [-0.1, -0.05) is 44.2 Å². The Hall–Kier alpha value is -2.46. The van der Waals surface area contributed by atoms with Gasteiger partial charge in [0.05, 0.1) is 12.2 Å². The molecular formula is C19H22N4. The van der Waals surface area contributed by atoms with Crippen LogP contribution in [0.15, 0.2) is 61.1 Å². The molecule has 0 aliphatic rings. The molecule has 0 saturated carbocycles. The quantitative estimate of drug-likeness (QED) is 0.758. The van der Waals surface area contributed by atoms with E-state index >= 15 is 0 Å². The molecule has 0 radical (unpaired) electrons. The molecule has 4 heteroatoms. The summed E-state index contributed by atoms with van der Waals surface area (Å²) in [6.45, 7) is 5.88. The van der Waals surface area contributed by atoms with E-state index in [1.165, 1.54) is 11.1 Å². The molecule has 0 amide bonds. The summed E-state index contributed by atoms with van der Waals surface area (Å²) in [6.07, 6.45) is 5.79. The molecule has 3 rings (SSSR count). The van der Waals surface area contributed by atoms with E-state index in [0.717, 1.165) is 24.3 Å². The van der Waals surface area contributed by atoms with E-state index in [-0.39, 0.29) is 0 Å². The highest BCUT2D eigenvalue weighted by atomic mass is 15.3. The number of nitrogens with zero attached hydrogens (tertiary/aromatic N) is 3. The van der Waals surface area contributed by atoms with E-state index in [4.69, 9.17) is 5.10 Å². The molecule has 0 aliphatic heterocycles. The van der Waals surface area contributed by atoms with Crippen molar-refractivity contribution >= 4 is 0 Å². The SMILES string of the molecule is CC(C)NCc1cn(Cc2ccccc2)nc1-c1cccnc1. The largest absolute Gasteiger partial charge is 0.310 e. The van der Waals surface area contributed by atoms with Gasteiger partial charge in [0.15, 0.2) is 0 Å². The third-order valence-corrected chi connectivity index (χ3v) is 3.66. The zero-order valence-electron chi connectivity index (χ0n) is 13.6. The second kappa shape index (κ2) is 7.20. The van der Waals surface area contributed by atoms with Gasteiger partial charge in [0.1, 0.15) is 0 Å². The van der Waals surface area contributed by atoms with Crippen LogP contribution in [0.5, 0.6) is 0 Å². The van der Waals surface area contributed by atoms with Crippen LogP contribution in [0.25, 0.3) is 11.3 Å². The zero-order chi connectivity index (χ0) is 16.1. The Morgan fingerprint density at radius 2 is 1.91 bits per heavy atom. The van der Waals surface area contributed by atoms with Gasteiger partial charge in [-0.3, -0.25) is 9.67 Å². The molecule has 2 aromatic heterocycles. The average molecular weight is 306 g/mol. The first-order valence-electron chi connectivity index (χ1n) is 7.96. The monoisotopic (exact) mass is 306 g/mol. The Bertz CT molecular complexity index is 733. The maximum Gasteiger partial charge on any atom is 0.0983 e. The highest BCUT2D eigenvalue weighted by Crippen LogP contribution is 2.21. The lowest BCUT2D eigenvalue weighted by Crippen LogP contribution is -2.21. The van der Waals surface area contributed by atoms with Crippen LogP contribution in [0, 0.1) is 0 Å². The second-order valence-corrected chi connectivity index (χ2v) is 5.96. The first kappa shape index (κ1) is 15.4. The summed E-state index contributed by atoms with van der Waals surface area (Å²) in [5.41, 5.74) is 4.50. The van der Waals surface area contributed by atoms with Crippen molar-refractivity contribution in [2.75, 3.05) is 0 Å². The fourth-order valence-electron chi connectivity index (χ4n) is 2.50. The van der Waals surface area contributed by atoms with Crippen LogP contribution in [0.3, 0.4) is 0 Å². The van der Waals surface area contributed by atoms with Gasteiger partial charge in [-0.05, 0) is 17.7 Å². The van der Waals surface area contributed by atoms with Crippen molar-refractivity contribution in [2.24, 2.45) is 0 Å². The summed E-state index contributed by atoms with van der Waals surface area (Å²) in [4.78, 5) is 4.22. The molecule has 0 saturated heterocycles. The van der Waals surface area contributed by atoms with E-state index in [2.05, 4.69) is 60.7 Å². The molecular weight excluding hydrogens is 284 g/mol. The average Bonchev–Trinajstić information content (AvgIpc) is 2.97. The maximum atomic E-state index is 4.79. The zero-order valence-corrected chi connectivity index (χ0v) is 13.6. The predicted octanol–water partition coefficient (Wildman–Crippen LogP) is 3.49. The Morgan fingerprint density at radius 1 is 1.09 bits per heavy atom. The molecule has 2 heterocycles. The second-order valence-electron chi connectivity index (χ2n) is 5.96. The minimum absolute atomic E-state index is 0.439. The third-order valence-electron chi connectivity index (χ3n) is 3.66. The Kier molecular flexibility index (Phi) is 4.83. The van der Waals surface area contributed by atoms with Crippen LogP contribution in [0.1, 0.15) is 25.0 Å². The lowest BCUT2D eigenvalue weighted by atomic mass is 10.1. The highest BCUT2D eigenvalue weighted by Gasteiger charge is 2.12. The van der Waals surface area contributed by atoms with Crippen LogP contribution in [-0.4, -0.2) is 20.8 Å². The number of pyridine rings is 1. The lowest BCUT2D eigenvalue weighted by Gasteiger charge is -2.07. The van der Waals surface area contributed by atoms with E-state index in [1.54, 1.807) is 6.20 Å². The molecule has 0 atom stereocenters. The van der Waals surface area contributed by atoms with Crippen LogP contribution < -0.4 is 5.32 Å². The van der Waals surface area contributed by atoms with E-state index in [0.29, 0.717) is 6.04 Å². The molecule has 118 valence electrons. The van der Waals surface area contributed by atoms with Crippen molar-refractivity contribution in [2.45, 2.75) is 33.0 Å². The molecule has 3 aromatic rings. The van der Waals surface area contributed by atoms with Crippen LogP contribution in [0.2, 0.25) is 0 Å². The molecule has 0 fully saturated rings. The van der Waals surface area contributed by atoms with Gasteiger partial charge in [0.25, 0.3) is 0 Å². The molecule has 0 unspecified atom stereocenters. The number of hydrogen-bond donors (Lipinski definition) is 1. The third kappa shape index (κ3) is 4.05. The van der Waals surface area contributed by atoms with Gasteiger partial charge in [0, 0.05) is 42.3 Å². The number of hydrogen-bond acceptors (Lipinski definition) is 3. The summed E-state index contributed by atoms with van der Waals surface area (Å²) in [5, 5.41) is 8.27. The Morgan fingerprint density at radius 3 is 2.61 bits per heavy atom. The van der Waals surface area contributed by atoms with Crippen molar-refractivity contribution in [1.29, 1.82) is 0 Å². The van der Waals surface area contributed by atoms with Crippen molar-refractivity contribution in [3.05, 3.63) is 72.2 Å². The highest BCUT2D eigenvalue weighted by molar-refractivity contribution is 5.61. The Labute approximate surface area is 137 Å². The fourth-order valence-corrected chi connectivity index (χ4v) is 2.50. The van der Waals surface area contributed by atoms with Crippen molar-refractivity contribution in [1.82, 2.24) is 20.1 Å². The lowest BCUT2D eigenvalue weighted by molar-refractivity contribution is 0.588. The Balaban J connectivity index is 1.90. The van der Waals surface area contributed by atoms with E-state index in [1.807, 2.05) is 23.0 Å². The van der Waals surface area contributed by atoms with Gasteiger partial charge in [0.2, 0.25) is 0 Å². The minimum atomic E-state index is 0.439. The fraction of sp³-hybridized carbons (Fsp3) is 0.263. The van der Waals surface area contributed by atoms with Crippen molar-refractivity contribution in [3.8, 4) is 11.3 Å². The molecule has 0 bridgehead atoms. The molecule has 0 spiro atoms. The maximum absolute atomic E-state index is 4.79. The van der Waals surface area contributed by atoms with Gasteiger partial charge in [-0.25, -0.2) is 0 Å². The van der Waals surface area contributed by atoms with Gasteiger partial charge >= 0.3 is 0 Å². The van der Waals surface area contributed by atoms with Crippen molar-refractivity contribution in [3.63, 3.8) is 0 Å². The summed E-state index contributed by atoms with van der Waals surface area (Å²) < 4.78 is 2.01. The first-order valence-corrected chi connectivity index (χ1v) is 7.96. The number of aromatic nitrogens is 3. The first-order chi connectivity index (χ1) is 11.2. The normalized spacial score (nSPS) is 11.1. The topological polar surface area (TPSA) is 42.7 Å². The summed E-state index contributed by atoms with van der Waals surface area (Å²) in [5.74, 6) is 0. The van der Waals surface area contributed by atoms with Gasteiger partial charge < -0.3 is 5.32 Å². The summed E-state index contributed by atoms with van der Waals surface area (Å²) in [6, 6.07) is 14.8. The predicted molar refractivity (Wildman–Crippen MR) is 93.0 cm³/mol. The molecule has 0 aliphatic carbocycles. The minimum Gasteiger partial charge on any atom is -0.310 e. The molecule has 1 N–H and O–H groups in total. The van der Waals surface area contributed by atoms with Gasteiger partial charge in [-0.15, -0.1) is 0 Å². The molecule has 23 heavy (non-hydrogen) atoms. The summed E-state index contributed by atoms with van der Waals surface area (Å²) in [7, 11) is 0. The molecule has 4 nitrogen and oxygen atoms in total. The van der Waals surface area contributed by atoms with Crippen molar-refractivity contribution < 1.29 is 0 Å². The number of benzene rings is 1. The van der Waals surface area contributed by atoms with E-state index < -0.39 is 0 Å². The van der Waals surface area contributed by atoms with Gasteiger partial charge in [-0.2, -0.15) is 5.10 Å². The van der Waals surface area contributed by atoms with Crippen LogP contribution in [0.4, 0.5) is 0 Å². The number of nitrogens with one attached hydrogen (secondary N) is 1. The van der Waals surface area contributed by atoms with Crippen LogP contribution in [-0.2, 0) is 13.1 Å². The summed E-state index contributed by atoms with van der Waals surface area (Å²) >= 11 is 0. The smallest absolute Gasteiger partial charge is 0.0983 e. The molecule has 1 aromatic carbocycles. The standard InChI is InChI=1S/C19H22N4/c1-15(2)21-12-18-14-23(13-16-7-4-3-5-8-16)22-19(18)17-9-6-10-20-11-17/h3-11,14-15,21H,12-13H2,1-2H3. The van der Waals surface area contributed by atoms with Crippen LogP contribution >= 0.6 is 0 Å². The number of rotatable bonds is 6.